The van der Waals surface area contributed by atoms with Crippen molar-refractivity contribution in [1.82, 2.24) is 0 Å². The van der Waals surface area contributed by atoms with E-state index in [1.807, 2.05) is 19.1 Å². The molecule has 1 aromatic rings. The van der Waals surface area contributed by atoms with Crippen LogP contribution in [0.25, 0.3) is 0 Å². The Labute approximate surface area is 129 Å². The van der Waals surface area contributed by atoms with E-state index in [4.69, 9.17) is 0 Å². The number of hydrogen-bond acceptors (Lipinski definition) is 3. The second kappa shape index (κ2) is 5.31. The fourth-order valence-corrected chi connectivity index (χ4v) is 4.55. The predicted molar refractivity (Wildman–Crippen MR) is 88.3 cm³/mol. The Hall–Kier alpha value is -1.03. The van der Waals surface area contributed by atoms with Gasteiger partial charge in [-0.2, -0.15) is 0 Å². The van der Waals surface area contributed by atoms with Crippen LogP contribution in [-0.4, -0.2) is 20.7 Å². The molecule has 0 radical (unpaired) electrons. The minimum atomic E-state index is -3.11. The Balaban J connectivity index is 1.99. The zero-order chi connectivity index (χ0) is 15.9. The summed E-state index contributed by atoms with van der Waals surface area (Å²) < 4.78 is 23.9. The lowest BCUT2D eigenvalue weighted by molar-refractivity contribution is 0.457. The second-order valence-electron chi connectivity index (χ2n) is 7.22. The molecule has 0 aromatic heterocycles. The van der Waals surface area contributed by atoms with E-state index in [1.165, 1.54) is 0 Å². The first-order chi connectivity index (χ1) is 9.63. The van der Waals surface area contributed by atoms with Crippen molar-refractivity contribution in [2.45, 2.75) is 45.9 Å². The lowest BCUT2D eigenvalue weighted by Crippen LogP contribution is -2.09. The summed E-state index contributed by atoms with van der Waals surface area (Å²) in [7, 11) is -3.11. The van der Waals surface area contributed by atoms with Crippen molar-refractivity contribution < 1.29 is 8.42 Å². The third kappa shape index (κ3) is 2.96. The quantitative estimate of drug-likeness (QED) is 0.865. The first-order valence-electron chi connectivity index (χ1n) is 7.69. The van der Waals surface area contributed by atoms with E-state index in [1.54, 1.807) is 12.1 Å². The van der Waals surface area contributed by atoms with Crippen LogP contribution in [0, 0.1) is 16.7 Å². The molecule has 21 heavy (non-hydrogen) atoms. The standard InChI is InChI=1S/C17H27NO2S/c1-6-11-21(19,20)14-9-7-13(8-10-14)18-12-15-16(2,3)17(15,4)5/h7-10,15,18H,6,11-12H2,1-5H3. The van der Waals surface area contributed by atoms with Gasteiger partial charge in [0, 0.05) is 12.2 Å². The van der Waals surface area contributed by atoms with Crippen LogP contribution in [-0.2, 0) is 9.84 Å². The highest BCUT2D eigenvalue weighted by atomic mass is 32.2. The van der Waals surface area contributed by atoms with E-state index < -0.39 is 9.84 Å². The summed E-state index contributed by atoms with van der Waals surface area (Å²) in [5.41, 5.74) is 1.72. The van der Waals surface area contributed by atoms with Crippen molar-refractivity contribution >= 4 is 15.5 Å². The number of hydrogen-bond donors (Lipinski definition) is 1. The summed E-state index contributed by atoms with van der Waals surface area (Å²) in [5.74, 6) is 0.859. The molecule has 1 N–H and O–H groups in total. The van der Waals surface area contributed by atoms with Gasteiger partial charge in [-0.25, -0.2) is 8.42 Å². The van der Waals surface area contributed by atoms with Gasteiger partial charge in [-0.15, -0.1) is 0 Å². The Morgan fingerprint density at radius 2 is 1.57 bits per heavy atom. The number of nitrogens with one attached hydrogen (secondary N) is 1. The first-order valence-corrected chi connectivity index (χ1v) is 9.35. The van der Waals surface area contributed by atoms with E-state index in [-0.39, 0.29) is 5.75 Å². The lowest BCUT2D eigenvalue weighted by Gasteiger charge is -2.09. The van der Waals surface area contributed by atoms with Gasteiger partial charge < -0.3 is 5.32 Å². The summed E-state index contributed by atoms with van der Waals surface area (Å²) in [4.78, 5) is 0.419. The van der Waals surface area contributed by atoms with E-state index in [0.29, 0.717) is 28.1 Å². The minimum absolute atomic E-state index is 0.213. The minimum Gasteiger partial charge on any atom is -0.385 e. The van der Waals surface area contributed by atoms with E-state index in [9.17, 15) is 8.42 Å². The topological polar surface area (TPSA) is 46.2 Å². The van der Waals surface area contributed by atoms with Crippen molar-refractivity contribution in [3.63, 3.8) is 0 Å². The number of benzene rings is 1. The molecule has 1 aliphatic carbocycles. The second-order valence-corrected chi connectivity index (χ2v) is 9.33. The van der Waals surface area contributed by atoms with Gasteiger partial charge in [0.25, 0.3) is 0 Å². The van der Waals surface area contributed by atoms with Gasteiger partial charge in [0.1, 0.15) is 0 Å². The summed E-state index contributed by atoms with van der Waals surface area (Å²) in [6.45, 7) is 12.0. The molecule has 0 aliphatic heterocycles. The van der Waals surface area contributed by atoms with Crippen LogP contribution in [0.3, 0.4) is 0 Å². The molecule has 4 heteroatoms. The largest absolute Gasteiger partial charge is 0.385 e. The summed E-state index contributed by atoms with van der Waals surface area (Å²) in [6, 6.07) is 7.14. The van der Waals surface area contributed by atoms with Gasteiger partial charge in [-0.1, -0.05) is 34.6 Å². The van der Waals surface area contributed by atoms with Gasteiger partial charge in [-0.05, 0) is 47.4 Å². The molecule has 2 rings (SSSR count). The molecule has 1 fully saturated rings. The number of rotatable bonds is 6. The molecule has 3 nitrogen and oxygen atoms in total. The van der Waals surface area contributed by atoms with Crippen LogP contribution < -0.4 is 5.32 Å². The Morgan fingerprint density at radius 1 is 1.05 bits per heavy atom. The van der Waals surface area contributed by atoms with Crippen LogP contribution in [0.4, 0.5) is 5.69 Å². The lowest BCUT2D eigenvalue weighted by atomic mass is 10.0. The van der Waals surface area contributed by atoms with E-state index in [0.717, 1.165) is 12.2 Å². The van der Waals surface area contributed by atoms with E-state index >= 15 is 0 Å². The Morgan fingerprint density at radius 3 is 2.00 bits per heavy atom. The van der Waals surface area contributed by atoms with Crippen molar-refractivity contribution in [3.8, 4) is 0 Å². The predicted octanol–water partition coefficient (Wildman–Crippen LogP) is 3.96. The Kier molecular flexibility index (Phi) is 4.13. The molecular formula is C17H27NO2S. The summed E-state index contributed by atoms with van der Waals surface area (Å²) in [6.07, 6.45) is 0.647. The fraction of sp³-hybridized carbons (Fsp3) is 0.647. The maximum absolute atomic E-state index is 12.0. The highest BCUT2D eigenvalue weighted by Crippen LogP contribution is 2.68. The molecule has 0 atom stereocenters. The third-order valence-electron chi connectivity index (χ3n) is 5.52. The molecule has 0 amide bonds. The monoisotopic (exact) mass is 309 g/mol. The molecule has 0 heterocycles. The molecule has 1 aliphatic rings. The summed E-state index contributed by atoms with van der Waals surface area (Å²) >= 11 is 0. The number of anilines is 1. The molecule has 0 bridgehead atoms. The zero-order valence-corrected chi connectivity index (χ0v) is 14.5. The molecule has 1 saturated carbocycles. The van der Waals surface area contributed by atoms with Crippen LogP contribution in [0.2, 0.25) is 0 Å². The van der Waals surface area contributed by atoms with Gasteiger partial charge in [0.2, 0.25) is 0 Å². The first kappa shape index (κ1) is 16.3. The fourth-order valence-electron chi connectivity index (χ4n) is 3.23. The normalized spacial score (nSPS) is 20.2. The van der Waals surface area contributed by atoms with Crippen molar-refractivity contribution in [3.05, 3.63) is 24.3 Å². The highest BCUT2D eigenvalue weighted by molar-refractivity contribution is 7.91. The SMILES string of the molecule is CCCS(=O)(=O)c1ccc(NCC2C(C)(C)C2(C)C)cc1. The van der Waals surface area contributed by atoms with Crippen molar-refractivity contribution in [2.24, 2.45) is 16.7 Å². The van der Waals surface area contributed by atoms with Crippen molar-refractivity contribution in [2.75, 3.05) is 17.6 Å². The van der Waals surface area contributed by atoms with Crippen LogP contribution >= 0.6 is 0 Å². The molecule has 118 valence electrons. The van der Waals surface area contributed by atoms with Gasteiger partial charge in [0.05, 0.1) is 10.6 Å². The van der Waals surface area contributed by atoms with Crippen molar-refractivity contribution in [1.29, 1.82) is 0 Å². The van der Waals surface area contributed by atoms with Gasteiger partial charge >= 0.3 is 0 Å². The summed E-state index contributed by atoms with van der Waals surface area (Å²) in [5, 5.41) is 3.43. The molecular weight excluding hydrogens is 282 g/mol. The zero-order valence-electron chi connectivity index (χ0n) is 13.7. The average Bonchev–Trinajstić information content (AvgIpc) is 2.77. The molecule has 0 spiro atoms. The van der Waals surface area contributed by atoms with E-state index in [2.05, 4.69) is 33.0 Å². The molecule has 1 aromatic carbocycles. The average molecular weight is 309 g/mol. The van der Waals surface area contributed by atoms with Gasteiger partial charge in [-0.3, -0.25) is 0 Å². The molecule has 0 unspecified atom stereocenters. The van der Waals surface area contributed by atoms with Crippen LogP contribution in [0.5, 0.6) is 0 Å². The maximum atomic E-state index is 12.0. The van der Waals surface area contributed by atoms with Crippen LogP contribution in [0.1, 0.15) is 41.0 Å². The maximum Gasteiger partial charge on any atom is 0.178 e. The Bertz CT molecular complexity index is 586. The third-order valence-corrected chi connectivity index (χ3v) is 7.45. The van der Waals surface area contributed by atoms with Gasteiger partial charge in [0.15, 0.2) is 9.84 Å². The highest BCUT2D eigenvalue weighted by Gasteiger charge is 2.63. The molecule has 0 saturated heterocycles. The smallest absolute Gasteiger partial charge is 0.178 e. The number of sulfone groups is 1. The van der Waals surface area contributed by atoms with Crippen LogP contribution in [0.15, 0.2) is 29.2 Å².